The monoisotopic (exact) mass is 472 g/mol. The van der Waals surface area contributed by atoms with Gasteiger partial charge in [-0.2, -0.15) is 0 Å². The summed E-state index contributed by atoms with van der Waals surface area (Å²) in [6.07, 6.45) is 1.24. The van der Waals surface area contributed by atoms with Crippen LogP contribution in [0, 0.1) is 5.92 Å². The van der Waals surface area contributed by atoms with E-state index in [2.05, 4.69) is 0 Å². The van der Waals surface area contributed by atoms with Crippen molar-refractivity contribution < 1.29 is 23.8 Å². The molecule has 0 unspecified atom stereocenters. The van der Waals surface area contributed by atoms with Crippen LogP contribution in [0.15, 0.2) is 36.4 Å². The second-order valence-electron chi connectivity index (χ2n) is 8.20. The molecule has 1 fully saturated rings. The maximum absolute atomic E-state index is 13.3. The van der Waals surface area contributed by atoms with E-state index in [0.717, 1.165) is 17.1 Å². The van der Waals surface area contributed by atoms with Crippen LogP contribution in [0.25, 0.3) is 0 Å². The molecule has 2 aromatic carbocycles. The Labute approximate surface area is 199 Å². The zero-order valence-electron chi connectivity index (χ0n) is 19.0. The van der Waals surface area contributed by atoms with Gasteiger partial charge in [-0.3, -0.25) is 9.59 Å². The first-order valence-corrected chi connectivity index (χ1v) is 11.7. The van der Waals surface area contributed by atoms with Crippen molar-refractivity contribution >= 4 is 23.4 Å². The third-order valence-corrected chi connectivity index (χ3v) is 6.46. The first kappa shape index (κ1) is 23.2. The van der Waals surface area contributed by atoms with E-state index >= 15 is 0 Å². The van der Waals surface area contributed by atoms with Crippen LogP contribution in [0.4, 0.5) is 0 Å². The van der Waals surface area contributed by atoms with Gasteiger partial charge in [0.1, 0.15) is 19.0 Å². The van der Waals surface area contributed by atoms with Crippen LogP contribution in [0.3, 0.4) is 0 Å². The fourth-order valence-corrected chi connectivity index (χ4v) is 4.59. The van der Waals surface area contributed by atoms with Crippen LogP contribution >= 0.6 is 11.6 Å². The van der Waals surface area contributed by atoms with Crippen molar-refractivity contribution in [1.82, 2.24) is 9.80 Å². The number of amides is 2. The molecular formula is C25H29ClN2O5. The molecule has 2 amide bonds. The number of carbonyl (C=O) groups excluding carboxylic acids is 2. The van der Waals surface area contributed by atoms with Gasteiger partial charge in [-0.1, -0.05) is 23.7 Å². The van der Waals surface area contributed by atoms with E-state index in [-0.39, 0.29) is 17.7 Å². The lowest BCUT2D eigenvalue weighted by atomic mass is 9.94. The van der Waals surface area contributed by atoms with Gasteiger partial charge in [0.05, 0.1) is 12.7 Å². The Hall–Kier alpha value is -2.93. The molecule has 0 aromatic heterocycles. The zero-order chi connectivity index (χ0) is 23.4. The van der Waals surface area contributed by atoms with Crippen LogP contribution in [0.5, 0.6) is 17.2 Å². The molecule has 0 N–H and O–H groups in total. The highest BCUT2D eigenvalue weighted by Crippen LogP contribution is 2.35. The van der Waals surface area contributed by atoms with Crippen molar-refractivity contribution in [3.63, 3.8) is 0 Å². The van der Waals surface area contributed by atoms with Crippen LogP contribution < -0.4 is 14.2 Å². The average molecular weight is 473 g/mol. The smallest absolute Gasteiger partial charge is 0.257 e. The summed E-state index contributed by atoms with van der Waals surface area (Å²) in [6.45, 7) is 5.12. The highest BCUT2D eigenvalue weighted by atomic mass is 35.5. The minimum atomic E-state index is -0.124. The molecule has 176 valence electrons. The van der Waals surface area contributed by atoms with E-state index in [1.807, 2.05) is 30.0 Å². The summed E-state index contributed by atoms with van der Waals surface area (Å²) in [7, 11) is 1.53. The fourth-order valence-electron chi connectivity index (χ4n) is 4.42. The highest BCUT2D eigenvalue weighted by molar-refractivity contribution is 6.31. The Bertz CT molecular complexity index is 1020. The standard InChI is InChI=1S/C25H29ClN2O5/c1-3-27(16-18-5-4-6-22-23(18)33-14-13-32-22)24(29)17-9-11-28(12-10-17)25(30)20-15-19(26)7-8-21(20)31-2/h4-8,15,17H,3,9-14,16H2,1-2H3. The largest absolute Gasteiger partial charge is 0.496 e. The normalized spacial score (nSPS) is 15.8. The molecule has 0 saturated carbocycles. The van der Waals surface area contributed by atoms with E-state index < -0.39 is 0 Å². The summed E-state index contributed by atoms with van der Waals surface area (Å²) in [5.74, 6) is 1.82. The molecule has 0 aliphatic carbocycles. The van der Waals surface area contributed by atoms with Gasteiger partial charge in [0.15, 0.2) is 11.5 Å². The average Bonchev–Trinajstić information content (AvgIpc) is 2.86. The lowest BCUT2D eigenvalue weighted by molar-refractivity contribution is -0.137. The molecule has 2 aliphatic heterocycles. The number of methoxy groups -OCH3 is 1. The SMILES string of the molecule is CCN(Cc1cccc2c1OCCO2)C(=O)C1CCN(C(=O)c2cc(Cl)ccc2OC)CC1. The number of rotatable bonds is 6. The maximum atomic E-state index is 13.3. The molecule has 8 heteroatoms. The zero-order valence-corrected chi connectivity index (χ0v) is 19.8. The predicted octanol–water partition coefficient (Wildman–Crippen LogP) is 4.02. The Morgan fingerprint density at radius 1 is 1.15 bits per heavy atom. The quantitative estimate of drug-likeness (QED) is 0.635. The molecule has 2 aromatic rings. The Morgan fingerprint density at radius 2 is 1.91 bits per heavy atom. The van der Waals surface area contributed by atoms with Gasteiger partial charge in [0.25, 0.3) is 5.91 Å². The Balaban J connectivity index is 1.40. The minimum absolute atomic E-state index is 0.110. The molecule has 0 radical (unpaired) electrons. The van der Waals surface area contributed by atoms with Gasteiger partial charge in [-0.15, -0.1) is 0 Å². The Morgan fingerprint density at radius 3 is 2.64 bits per heavy atom. The van der Waals surface area contributed by atoms with Gasteiger partial charge < -0.3 is 24.0 Å². The molecule has 2 heterocycles. The predicted molar refractivity (Wildman–Crippen MR) is 125 cm³/mol. The summed E-state index contributed by atoms with van der Waals surface area (Å²) in [5.41, 5.74) is 1.39. The summed E-state index contributed by atoms with van der Waals surface area (Å²) < 4.78 is 16.8. The Kier molecular flexibility index (Phi) is 7.28. The number of hydrogen-bond donors (Lipinski definition) is 0. The van der Waals surface area contributed by atoms with Crippen LogP contribution in [0.2, 0.25) is 5.02 Å². The molecule has 0 bridgehead atoms. The van der Waals surface area contributed by atoms with Crippen LogP contribution in [0.1, 0.15) is 35.7 Å². The number of piperidine rings is 1. The van der Waals surface area contributed by atoms with E-state index in [0.29, 0.717) is 68.6 Å². The number of fused-ring (bicyclic) bond motifs is 1. The van der Waals surface area contributed by atoms with Crippen molar-refractivity contribution in [2.24, 2.45) is 5.92 Å². The van der Waals surface area contributed by atoms with Crippen LogP contribution in [-0.2, 0) is 11.3 Å². The molecule has 0 spiro atoms. The number of halogens is 1. The summed E-state index contributed by atoms with van der Waals surface area (Å²) in [6, 6.07) is 10.8. The fraction of sp³-hybridized carbons (Fsp3) is 0.440. The molecule has 33 heavy (non-hydrogen) atoms. The van der Waals surface area contributed by atoms with Crippen molar-refractivity contribution in [1.29, 1.82) is 0 Å². The molecule has 4 rings (SSSR count). The first-order valence-electron chi connectivity index (χ1n) is 11.3. The number of nitrogens with zero attached hydrogens (tertiary/aromatic N) is 2. The molecule has 0 atom stereocenters. The lowest BCUT2D eigenvalue weighted by Gasteiger charge is -2.34. The third kappa shape index (κ3) is 5.03. The van der Waals surface area contributed by atoms with Gasteiger partial charge in [-0.25, -0.2) is 0 Å². The summed E-state index contributed by atoms with van der Waals surface area (Å²) >= 11 is 6.09. The third-order valence-electron chi connectivity index (χ3n) is 6.23. The summed E-state index contributed by atoms with van der Waals surface area (Å²) in [5, 5.41) is 0.486. The number of para-hydroxylation sites is 1. The second kappa shape index (κ2) is 10.3. The van der Waals surface area contributed by atoms with E-state index in [1.54, 1.807) is 23.1 Å². The number of ether oxygens (including phenoxy) is 3. The second-order valence-corrected chi connectivity index (χ2v) is 8.64. The van der Waals surface area contributed by atoms with E-state index in [1.165, 1.54) is 7.11 Å². The minimum Gasteiger partial charge on any atom is -0.496 e. The molecule has 7 nitrogen and oxygen atoms in total. The summed E-state index contributed by atoms with van der Waals surface area (Å²) in [4.78, 5) is 30.0. The highest BCUT2D eigenvalue weighted by Gasteiger charge is 2.31. The number of hydrogen-bond acceptors (Lipinski definition) is 5. The number of benzene rings is 2. The van der Waals surface area contributed by atoms with Crippen molar-refractivity contribution in [2.75, 3.05) is 40.0 Å². The van der Waals surface area contributed by atoms with Crippen molar-refractivity contribution in [3.05, 3.63) is 52.5 Å². The van der Waals surface area contributed by atoms with Crippen molar-refractivity contribution in [2.45, 2.75) is 26.3 Å². The van der Waals surface area contributed by atoms with Gasteiger partial charge in [0, 0.05) is 42.7 Å². The van der Waals surface area contributed by atoms with Gasteiger partial charge in [-0.05, 0) is 44.0 Å². The van der Waals surface area contributed by atoms with Crippen LogP contribution in [-0.4, -0.2) is 61.6 Å². The van der Waals surface area contributed by atoms with Gasteiger partial charge in [0.2, 0.25) is 5.91 Å². The number of likely N-dealkylation sites (tertiary alicyclic amines) is 1. The molecule has 1 saturated heterocycles. The maximum Gasteiger partial charge on any atom is 0.257 e. The first-order chi connectivity index (χ1) is 16.0. The van der Waals surface area contributed by atoms with Crippen molar-refractivity contribution in [3.8, 4) is 17.2 Å². The van der Waals surface area contributed by atoms with Gasteiger partial charge >= 0.3 is 0 Å². The van der Waals surface area contributed by atoms with E-state index in [9.17, 15) is 9.59 Å². The lowest BCUT2D eigenvalue weighted by Crippen LogP contribution is -2.44. The number of carbonyl (C=O) groups is 2. The van der Waals surface area contributed by atoms with E-state index in [4.69, 9.17) is 25.8 Å². The molecular weight excluding hydrogens is 444 g/mol. The topological polar surface area (TPSA) is 68.3 Å². The molecule has 2 aliphatic rings.